The summed E-state index contributed by atoms with van der Waals surface area (Å²) in [6.07, 6.45) is 1.64. The van der Waals surface area contributed by atoms with Crippen molar-refractivity contribution >= 4 is 5.91 Å². The molecule has 4 heteroatoms. The normalized spacial score (nSPS) is 10.1. The largest absolute Gasteiger partial charge is 0.352 e. The Morgan fingerprint density at radius 1 is 1.12 bits per heavy atom. The summed E-state index contributed by atoms with van der Waals surface area (Å²) in [4.78, 5) is 11.6. The summed E-state index contributed by atoms with van der Waals surface area (Å²) in [5, 5.41) is 2.81. The standard InChI is InChI=1S/C12H19N3O/c13-7-1-9-15-12(16)11-4-2-10(3-5-11)6-8-14/h2-5H,1,6-9,13-14H2,(H,15,16). The first-order valence-corrected chi connectivity index (χ1v) is 5.55. The Kier molecular flexibility index (Phi) is 5.53. The van der Waals surface area contributed by atoms with E-state index >= 15 is 0 Å². The maximum absolute atomic E-state index is 11.6. The van der Waals surface area contributed by atoms with E-state index in [1.165, 1.54) is 0 Å². The first-order chi connectivity index (χ1) is 7.77. The zero-order valence-electron chi connectivity index (χ0n) is 9.41. The van der Waals surface area contributed by atoms with Crippen molar-refractivity contribution in [1.29, 1.82) is 0 Å². The van der Waals surface area contributed by atoms with Crippen molar-refractivity contribution in [3.05, 3.63) is 35.4 Å². The second kappa shape index (κ2) is 6.98. The van der Waals surface area contributed by atoms with Crippen LogP contribution < -0.4 is 16.8 Å². The molecule has 88 valence electrons. The van der Waals surface area contributed by atoms with Crippen LogP contribution >= 0.6 is 0 Å². The van der Waals surface area contributed by atoms with E-state index in [1.807, 2.05) is 24.3 Å². The van der Waals surface area contributed by atoms with Gasteiger partial charge in [0.25, 0.3) is 5.91 Å². The zero-order chi connectivity index (χ0) is 11.8. The summed E-state index contributed by atoms with van der Waals surface area (Å²) in [7, 11) is 0. The van der Waals surface area contributed by atoms with Crippen LogP contribution in [0.4, 0.5) is 0 Å². The second-order valence-corrected chi connectivity index (χ2v) is 3.63. The smallest absolute Gasteiger partial charge is 0.251 e. The molecular weight excluding hydrogens is 202 g/mol. The molecule has 0 aliphatic carbocycles. The average molecular weight is 221 g/mol. The molecule has 0 saturated heterocycles. The Balaban J connectivity index is 2.49. The summed E-state index contributed by atoms with van der Waals surface area (Å²) in [5.74, 6) is -0.0484. The molecule has 1 aromatic carbocycles. The molecule has 1 rings (SSSR count). The van der Waals surface area contributed by atoms with E-state index in [0.29, 0.717) is 25.2 Å². The molecule has 4 nitrogen and oxygen atoms in total. The molecule has 1 aromatic rings. The number of amides is 1. The Morgan fingerprint density at radius 3 is 2.38 bits per heavy atom. The fourth-order valence-corrected chi connectivity index (χ4v) is 1.40. The molecular formula is C12H19N3O. The number of rotatable bonds is 6. The third-order valence-corrected chi connectivity index (χ3v) is 2.32. The van der Waals surface area contributed by atoms with E-state index in [2.05, 4.69) is 5.32 Å². The number of carbonyl (C=O) groups is 1. The minimum absolute atomic E-state index is 0.0484. The first-order valence-electron chi connectivity index (χ1n) is 5.55. The SMILES string of the molecule is NCCCNC(=O)c1ccc(CCN)cc1. The third-order valence-electron chi connectivity index (χ3n) is 2.32. The summed E-state index contributed by atoms with van der Waals surface area (Å²) in [6.45, 7) is 1.84. The summed E-state index contributed by atoms with van der Waals surface area (Å²) in [5.41, 5.74) is 12.6. The lowest BCUT2D eigenvalue weighted by molar-refractivity contribution is 0.0953. The number of carbonyl (C=O) groups excluding carboxylic acids is 1. The fraction of sp³-hybridized carbons (Fsp3) is 0.417. The first kappa shape index (κ1) is 12.7. The Hall–Kier alpha value is -1.39. The molecule has 0 saturated carbocycles. The van der Waals surface area contributed by atoms with Gasteiger partial charge in [-0.1, -0.05) is 12.1 Å². The minimum Gasteiger partial charge on any atom is -0.352 e. The van der Waals surface area contributed by atoms with Gasteiger partial charge in [-0.25, -0.2) is 0 Å². The Labute approximate surface area is 96.0 Å². The molecule has 0 radical (unpaired) electrons. The second-order valence-electron chi connectivity index (χ2n) is 3.63. The van der Waals surface area contributed by atoms with E-state index in [-0.39, 0.29) is 5.91 Å². The van der Waals surface area contributed by atoms with Crippen LogP contribution in [0.25, 0.3) is 0 Å². The van der Waals surface area contributed by atoms with Crippen molar-refractivity contribution < 1.29 is 4.79 Å². The van der Waals surface area contributed by atoms with E-state index < -0.39 is 0 Å². The lowest BCUT2D eigenvalue weighted by atomic mass is 10.1. The summed E-state index contributed by atoms with van der Waals surface area (Å²) < 4.78 is 0. The van der Waals surface area contributed by atoms with Crippen molar-refractivity contribution in [2.45, 2.75) is 12.8 Å². The Bertz CT molecular complexity index is 322. The van der Waals surface area contributed by atoms with Crippen molar-refractivity contribution in [1.82, 2.24) is 5.32 Å². The molecule has 16 heavy (non-hydrogen) atoms. The topological polar surface area (TPSA) is 81.1 Å². The number of nitrogens with two attached hydrogens (primary N) is 2. The highest BCUT2D eigenvalue weighted by molar-refractivity contribution is 5.94. The fourth-order valence-electron chi connectivity index (χ4n) is 1.40. The molecule has 0 unspecified atom stereocenters. The maximum Gasteiger partial charge on any atom is 0.251 e. The van der Waals surface area contributed by atoms with Gasteiger partial charge in [-0.3, -0.25) is 4.79 Å². The molecule has 5 N–H and O–H groups in total. The molecule has 0 bridgehead atoms. The molecule has 1 amide bonds. The number of nitrogens with one attached hydrogen (secondary N) is 1. The van der Waals surface area contributed by atoms with Crippen LogP contribution in [0.5, 0.6) is 0 Å². The molecule has 0 atom stereocenters. The number of hydrogen-bond donors (Lipinski definition) is 3. The van der Waals surface area contributed by atoms with E-state index in [1.54, 1.807) is 0 Å². The van der Waals surface area contributed by atoms with E-state index in [0.717, 1.165) is 18.4 Å². The number of benzene rings is 1. The molecule has 0 fully saturated rings. The van der Waals surface area contributed by atoms with Crippen LogP contribution in [0.15, 0.2) is 24.3 Å². The lowest BCUT2D eigenvalue weighted by Crippen LogP contribution is -2.25. The monoisotopic (exact) mass is 221 g/mol. The number of hydrogen-bond acceptors (Lipinski definition) is 3. The van der Waals surface area contributed by atoms with Crippen LogP contribution in [0.3, 0.4) is 0 Å². The van der Waals surface area contributed by atoms with Gasteiger partial charge in [0, 0.05) is 12.1 Å². The van der Waals surface area contributed by atoms with E-state index in [4.69, 9.17) is 11.5 Å². The highest BCUT2D eigenvalue weighted by atomic mass is 16.1. The predicted octanol–water partition coefficient (Wildman–Crippen LogP) is 0.266. The van der Waals surface area contributed by atoms with Gasteiger partial charge in [-0.05, 0) is 43.6 Å². The van der Waals surface area contributed by atoms with Crippen LogP contribution in [0.1, 0.15) is 22.3 Å². The van der Waals surface area contributed by atoms with Gasteiger partial charge < -0.3 is 16.8 Å². The average Bonchev–Trinajstić information content (AvgIpc) is 2.30. The van der Waals surface area contributed by atoms with Gasteiger partial charge in [-0.2, -0.15) is 0 Å². The van der Waals surface area contributed by atoms with Crippen molar-refractivity contribution in [3.8, 4) is 0 Å². The van der Waals surface area contributed by atoms with Crippen LogP contribution in [-0.4, -0.2) is 25.5 Å². The van der Waals surface area contributed by atoms with Gasteiger partial charge in [0.05, 0.1) is 0 Å². The molecule has 0 aliphatic heterocycles. The quantitative estimate of drug-likeness (QED) is 0.603. The van der Waals surface area contributed by atoms with Crippen molar-refractivity contribution in [2.75, 3.05) is 19.6 Å². The zero-order valence-corrected chi connectivity index (χ0v) is 9.41. The van der Waals surface area contributed by atoms with Gasteiger partial charge in [0.1, 0.15) is 0 Å². The highest BCUT2D eigenvalue weighted by Crippen LogP contribution is 2.04. The molecule has 0 aromatic heterocycles. The summed E-state index contributed by atoms with van der Waals surface area (Å²) >= 11 is 0. The lowest BCUT2D eigenvalue weighted by Gasteiger charge is -2.05. The third kappa shape index (κ3) is 4.00. The van der Waals surface area contributed by atoms with Crippen LogP contribution in [0.2, 0.25) is 0 Å². The van der Waals surface area contributed by atoms with E-state index in [9.17, 15) is 4.79 Å². The predicted molar refractivity (Wildman–Crippen MR) is 65.2 cm³/mol. The van der Waals surface area contributed by atoms with Gasteiger partial charge in [-0.15, -0.1) is 0 Å². The van der Waals surface area contributed by atoms with Gasteiger partial charge >= 0.3 is 0 Å². The van der Waals surface area contributed by atoms with Gasteiger partial charge in [0.15, 0.2) is 0 Å². The molecule has 0 aliphatic rings. The Morgan fingerprint density at radius 2 is 1.81 bits per heavy atom. The minimum atomic E-state index is -0.0484. The van der Waals surface area contributed by atoms with Crippen molar-refractivity contribution in [2.24, 2.45) is 11.5 Å². The van der Waals surface area contributed by atoms with Crippen LogP contribution in [0, 0.1) is 0 Å². The van der Waals surface area contributed by atoms with Crippen LogP contribution in [-0.2, 0) is 6.42 Å². The maximum atomic E-state index is 11.6. The molecule has 0 spiro atoms. The van der Waals surface area contributed by atoms with Crippen molar-refractivity contribution in [3.63, 3.8) is 0 Å². The van der Waals surface area contributed by atoms with Gasteiger partial charge in [0.2, 0.25) is 0 Å². The molecule has 0 heterocycles. The highest BCUT2D eigenvalue weighted by Gasteiger charge is 2.03. The summed E-state index contributed by atoms with van der Waals surface area (Å²) in [6, 6.07) is 7.51.